The highest BCUT2D eigenvalue weighted by molar-refractivity contribution is 5.98. The lowest BCUT2D eigenvalue weighted by molar-refractivity contribution is -0.189. The number of carbonyl (C=O) groups is 3. The Balaban J connectivity index is 1.50. The first-order valence-corrected chi connectivity index (χ1v) is 14.0. The van der Waals surface area contributed by atoms with Gasteiger partial charge in [0.15, 0.2) is 18.1 Å². The molecule has 0 aliphatic carbocycles. The summed E-state index contributed by atoms with van der Waals surface area (Å²) in [7, 11) is 0. The Morgan fingerprint density at radius 2 is 1.79 bits per heavy atom. The van der Waals surface area contributed by atoms with Crippen LogP contribution in [0.4, 0.5) is 18.9 Å². The molecule has 1 aliphatic rings. The summed E-state index contributed by atoms with van der Waals surface area (Å²) in [5.74, 6) is -2.99. The molecular weight excluding hydrogens is 555 g/mol. The molecular formula is C30H38F3N3O6. The van der Waals surface area contributed by atoms with Gasteiger partial charge in [-0.3, -0.25) is 9.59 Å². The van der Waals surface area contributed by atoms with E-state index in [9.17, 15) is 27.6 Å². The zero-order valence-electron chi connectivity index (χ0n) is 24.1. The second-order valence-electron chi connectivity index (χ2n) is 10.3. The SMILES string of the molecule is CC(C)C(C)N(CCNCCc1ccc(OC(=O)C(F)(F)F)c2c1OCC(=O)N2)C(=O)CCOCCc1ccccc1. The van der Waals surface area contributed by atoms with Crippen LogP contribution in [-0.2, 0) is 32.0 Å². The molecule has 0 spiro atoms. The van der Waals surface area contributed by atoms with Gasteiger partial charge < -0.3 is 29.7 Å². The van der Waals surface area contributed by atoms with Gasteiger partial charge in [0.1, 0.15) is 5.69 Å². The van der Waals surface area contributed by atoms with Crippen molar-refractivity contribution in [2.24, 2.45) is 5.92 Å². The van der Waals surface area contributed by atoms with E-state index < -0.39 is 23.8 Å². The highest BCUT2D eigenvalue weighted by Gasteiger charge is 2.42. The molecule has 3 rings (SSSR count). The van der Waals surface area contributed by atoms with E-state index in [4.69, 9.17) is 9.47 Å². The van der Waals surface area contributed by atoms with Crippen LogP contribution < -0.4 is 20.1 Å². The summed E-state index contributed by atoms with van der Waals surface area (Å²) in [5, 5.41) is 5.71. The predicted molar refractivity (Wildman–Crippen MR) is 150 cm³/mol. The molecule has 1 unspecified atom stereocenters. The van der Waals surface area contributed by atoms with Crippen molar-refractivity contribution in [1.82, 2.24) is 10.2 Å². The van der Waals surface area contributed by atoms with Crippen LogP contribution in [0.3, 0.4) is 0 Å². The van der Waals surface area contributed by atoms with E-state index in [0.29, 0.717) is 44.8 Å². The van der Waals surface area contributed by atoms with E-state index in [1.807, 2.05) is 42.2 Å². The van der Waals surface area contributed by atoms with Crippen LogP contribution >= 0.6 is 0 Å². The van der Waals surface area contributed by atoms with Crippen molar-refractivity contribution in [2.45, 2.75) is 52.3 Å². The molecule has 0 radical (unpaired) electrons. The molecule has 1 aliphatic heterocycles. The Labute approximate surface area is 243 Å². The van der Waals surface area contributed by atoms with Gasteiger partial charge in [-0.2, -0.15) is 13.2 Å². The van der Waals surface area contributed by atoms with Crippen LogP contribution in [0, 0.1) is 5.92 Å². The quantitative estimate of drug-likeness (QED) is 0.182. The van der Waals surface area contributed by atoms with E-state index in [0.717, 1.165) is 6.42 Å². The number of nitrogens with one attached hydrogen (secondary N) is 2. The first-order valence-electron chi connectivity index (χ1n) is 14.0. The van der Waals surface area contributed by atoms with Crippen LogP contribution in [0.5, 0.6) is 11.5 Å². The second kappa shape index (κ2) is 15.5. The summed E-state index contributed by atoms with van der Waals surface area (Å²) in [6, 6.07) is 12.7. The van der Waals surface area contributed by atoms with Gasteiger partial charge in [-0.05, 0) is 49.4 Å². The van der Waals surface area contributed by atoms with E-state index in [-0.39, 0.29) is 42.3 Å². The molecule has 42 heavy (non-hydrogen) atoms. The molecule has 12 heteroatoms. The average Bonchev–Trinajstić information content (AvgIpc) is 2.95. The number of ether oxygens (including phenoxy) is 3. The summed E-state index contributed by atoms with van der Waals surface area (Å²) in [5.41, 5.74) is 1.68. The summed E-state index contributed by atoms with van der Waals surface area (Å²) in [6.45, 7) is 8.18. The van der Waals surface area contributed by atoms with Gasteiger partial charge in [0, 0.05) is 19.1 Å². The molecule has 1 atom stereocenters. The fraction of sp³-hybridized carbons (Fsp3) is 0.500. The summed E-state index contributed by atoms with van der Waals surface area (Å²) in [4.78, 5) is 38.0. The number of anilines is 1. The molecule has 0 saturated heterocycles. The van der Waals surface area contributed by atoms with Gasteiger partial charge in [-0.25, -0.2) is 4.79 Å². The van der Waals surface area contributed by atoms with Crippen molar-refractivity contribution in [3.63, 3.8) is 0 Å². The first-order chi connectivity index (χ1) is 20.0. The smallest absolute Gasteiger partial charge is 0.481 e. The molecule has 2 aromatic carbocycles. The minimum absolute atomic E-state index is 0.0138. The van der Waals surface area contributed by atoms with Crippen molar-refractivity contribution in [3.05, 3.63) is 53.6 Å². The van der Waals surface area contributed by atoms with E-state index in [1.54, 1.807) is 0 Å². The van der Waals surface area contributed by atoms with Gasteiger partial charge in [-0.15, -0.1) is 0 Å². The Morgan fingerprint density at radius 3 is 2.48 bits per heavy atom. The number of nitrogens with zero attached hydrogens (tertiary/aromatic N) is 1. The van der Waals surface area contributed by atoms with Gasteiger partial charge in [-0.1, -0.05) is 50.2 Å². The van der Waals surface area contributed by atoms with Crippen LogP contribution in [0.15, 0.2) is 42.5 Å². The lowest BCUT2D eigenvalue weighted by Crippen LogP contribution is -2.45. The Bertz CT molecular complexity index is 1210. The maximum absolute atomic E-state index is 13.0. The number of halogens is 3. The third-order valence-electron chi connectivity index (χ3n) is 6.96. The topological polar surface area (TPSA) is 106 Å². The second-order valence-corrected chi connectivity index (χ2v) is 10.3. The third-order valence-corrected chi connectivity index (χ3v) is 6.96. The first kappa shape index (κ1) is 32.9. The van der Waals surface area contributed by atoms with Crippen molar-refractivity contribution in [1.29, 1.82) is 0 Å². The maximum Gasteiger partial charge on any atom is 0.491 e. The van der Waals surface area contributed by atoms with Crippen LogP contribution in [0.25, 0.3) is 0 Å². The Kier molecular flexibility index (Phi) is 12.2. The van der Waals surface area contributed by atoms with E-state index >= 15 is 0 Å². The Morgan fingerprint density at radius 1 is 1.05 bits per heavy atom. The van der Waals surface area contributed by atoms with Crippen molar-refractivity contribution in [3.8, 4) is 11.5 Å². The molecule has 0 fully saturated rings. The van der Waals surface area contributed by atoms with Gasteiger partial charge >= 0.3 is 12.1 Å². The van der Waals surface area contributed by atoms with Crippen molar-refractivity contribution in [2.75, 3.05) is 44.8 Å². The molecule has 0 saturated carbocycles. The molecule has 2 aromatic rings. The molecule has 9 nitrogen and oxygen atoms in total. The van der Waals surface area contributed by atoms with E-state index in [1.165, 1.54) is 17.7 Å². The zero-order valence-corrected chi connectivity index (χ0v) is 24.1. The van der Waals surface area contributed by atoms with Crippen LogP contribution in [0.1, 0.15) is 38.3 Å². The number of carbonyl (C=O) groups excluding carboxylic acids is 3. The van der Waals surface area contributed by atoms with Crippen molar-refractivity contribution < 1.29 is 41.8 Å². The van der Waals surface area contributed by atoms with Crippen molar-refractivity contribution >= 4 is 23.5 Å². The number of rotatable bonds is 15. The maximum atomic E-state index is 13.0. The van der Waals surface area contributed by atoms with Crippen LogP contribution in [-0.4, -0.2) is 74.4 Å². The summed E-state index contributed by atoms with van der Waals surface area (Å²) < 4.78 is 53.7. The molecule has 2 amide bonds. The fourth-order valence-corrected chi connectivity index (χ4v) is 4.35. The lowest BCUT2D eigenvalue weighted by Gasteiger charge is -2.32. The fourth-order valence-electron chi connectivity index (χ4n) is 4.35. The highest BCUT2D eigenvalue weighted by Crippen LogP contribution is 2.40. The Hall–Kier alpha value is -3.64. The molecule has 2 N–H and O–H groups in total. The number of amides is 2. The standard InChI is InChI=1S/C30H38F3N3O6/c1-20(2)21(3)36(26(38)13-18-40-17-12-22-7-5-4-6-8-22)16-15-34-14-11-23-9-10-24(42-29(39)30(31,32)33)27-28(23)41-19-25(37)35-27/h4-10,20-21,34H,11-19H2,1-3H3,(H,35,37). The minimum Gasteiger partial charge on any atom is -0.481 e. The number of hydrogen-bond donors (Lipinski definition) is 2. The number of alkyl halides is 3. The number of esters is 1. The zero-order chi connectivity index (χ0) is 30.7. The van der Waals surface area contributed by atoms with Gasteiger partial charge in [0.05, 0.1) is 19.6 Å². The lowest BCUT2D eigenvalue weighted by atomic mass is 10.0. The monoisotopic (exact) mass is 593 g/mol. The summed E-state index contributed by atoms with van der Waals surface area (Å²) >= 11 is 0. The normalized spacial score (nSPS) is 13.6. The molecule has 230 valence electrons. The van der Waals surface area contributed by atoms with Gasteiger partial charge in [0.2, 0.25) is 5.91 Å². The van der Waals surface area contributed by atoms with Crippen LogP contribution in [0.2, 0.25) is 0 Å². The predicted octanol–water partition coefficient (Wildman–Crippen LogP) is 4.14. The highest BCUT2D eigenvalue weighted by atomic mass is 19.4. The largest absolute Gasteiger partial charge is 0.491 e. The molecule has 0 aromatic heterocycles. The average molecular weight is 594 g/mol. The van der Waals surface area contributed by atoms with Gasteiger partial charge in [0.25, 0.3) is 5.91 Å². The molecule has 1 heterocycles. The summed E-state index contributed by atoms with van der Waals surface area (Å²) in [6.07, 6.45) is -3.71. The number of benzene rings is 2. The number of fused-ring (bicyclic) bond motifs is 1. The molecule has 0 bridgehead atoms. The third kappa shape index (κ3) is 9.73. The minimum atomic E-state index is -5.19. The van der Waals surface area contributed by atoms with E-state index in [2.05, 4.69) is 29.2 Å². The number of hydrogen-bond acceptors (Lipinski definition) is 7.